The molecule has 92 valence electrons. The summed E-state index contributed by atoms with van der Waals surface area (Å²) >= 11 is 1.71. The van der Waals surface area contributed by atoms with Crippen LogP contribution in [-0.4, -0.2) is 21.3 Å². The second-order valence-corrected chi connectivity index (χ2v) is 4.71. The van der Waals surface area contributed by atoms with Crippen molar-refractivity contribution in [2.45, 2.75) is 10.9 Å². The zero-order valence-electron chi connectivity index (χ0n) is 10.1. The Labute approximate surface area is 111 Å². The van der Waals surface area contributed by atoms with Crippen LogP contribution in [0.4, 0.5) is 0 Å². The highest BCUT2D eigenvalue weighted by Crippen LogP contribution is 2.20. The molecule has 18 heavy (non-hydrogen) atoms. The molecule has 1 aromatic heterocycles. The predicted molar refractivity (Wildman–Crippen MR) is 73.2 cm³/mol. The third kappa shape index (κ3) is 3.39. The molecule has 0 amide bonds. The fourth-order valence-corrected chi connectivity index (χ4v) is 2.35. The first kappa shape index (κ1) is 12.7. The second kappa shape index (κ2) is 6.29. The van der Waals surface area contributed by atoms with E-state index in [1.807, 2.05) is 29.9 Å². The molecule has 2 aromatic rings. The molecule has 0 saturated carbocycles. The number of benzene rings is 1. The largest absolute Gasteiger partial charge is 0.384 e. The zero-order valence-corrected chi connectivity index (χ0v) is 10.9. The van der Waals surface area contributed by atoms with Crippen molar-refractivity contribution < 1.29 is 5.11 Å². The highest BCUT2D eigenvalue weighted by atomic mass is 32.2. The van der Waals surface area contributed by atoms with Gasteiger partial charge in [-0.1, -0.05) is 35.7 Å². The molecular formula is C14H14N2OS. The van der Waals surface area contributed by atoms with Gasteiger partial charge >= 0.3 is 0 Å². The summed E-state index contributed by atoms with van der Waals surface area (Å²) in [7, 11) is 1.99. The molecule has 0 aliphatic heterocycles. The Morgan fingerprint density at radius 2 is 2.11 bits per heavy atom. The number of thioether (sulfide) groups is 1. The Morgan fingerprint density at radius 3 is 2.72 bits per heavy atom. The maximum atomic E-state index is 8.61. The summed E-state index contributed by atoms with van der Waals surface area (Å²) in [6.07, 6.45) is 3.74. The molecule has 0 bridgehead atoms. The lowest BCUT2D eigenvalue weighted by molar-refractivity contribution is 0.350. The lowest BCUT2D eigenvalue weighted by Gasteiger charge is -2.02. The van der Waals surface area contributed by atoms with Gasteiger partial charge in [0.2, 0.25) is 0 Å². The highest BCUT2D eigenvalue weighted by molar-refractivity contribution is 7.98. The van der Waals surface area contributed by atoms with Gasteiger partial charge in [0.1, 0.15) is 6.61 Å². The van der Waals surface area contributed by atoms with Crippen LogP contribution in [0.5, 0.6) is 0 Å². The van der Waals surface area contributed by atoms with Gasteiger partial charge in [0.05, 0.1) is 0 Å². The molecule has 0 atom stereocenters. The van der Waals surface area contributed by atoms with Crippen molar-refractivity contribution in [3.8, 4) is 11.8 Å². The van der Waals surface area contributed by atoms with Crippen molar-refractivity contribution in [2.75, 3.05) is 6.61 Å². The van der Waals surface area contributed by atoms with Crippen molar-refractivity contribution in [1.82, 2.24) is 9.55 Å². The minimum atomic E-state index is -0.100. The van der Waals surface area contributed by atoms with Gasteiger partial charge in [-0.05, 0) is 17.7 Å². The summed E-state index contributed by atoms with van der Waals surface area (Å²) < 4.78 is 2.01. The van der Waals surface area contributed by atoms with Crippen LogP contribution in [0.1, 0.15) is 11.1 Å². The predicted octanol–water partition coefficient (Wildman–Crippen LogP) is 2.06. The molecule has 4 heteroatoms. The van der Waals surface area contributed by atoms with E-state index < -0.39 is 0 Å². The average molecular weight is 258 g/mol. The van der Waals surface area contributed by atoms with E-state index in [-0.39, 0.29) is 6.61 Å². The SMILES string of the molecule is Cn1ccnc1SCc1ccc(C#CCO)cc1. The molecule has 0 aliphatic rings. The molecule has 0 saturated heterocycles. The summed E-state index contributed by atoms with van der Waals surface area (Å²) in [5, 5.41) is 9.62. The van der Waals surface area contributed by atoms with Crippen LogP contribution in [0.2, 0.25) is 0 Å². The van der Waals surface area contributed by atoms with Gasteiger partial charge in [-0.25, -0.2) is 4.98 Å². The lowest BCUT2D eigenvalue weighted by Crippen LogP contribution is -1.89. The van der Waals surface area contributed by atoms with E-state index in [2.05, 4.69) is 29.0 Å². The van der Waals surface area contributed by atoms with Gasteiger partial charge in [0.15, 0.2) is 5.16 Å². The van der Waals surface area contributed by atoms with Crippen LogP contribution in [0.3, 0.4) is 0 Å². The van der Waals surface area contributed by atoms with Gasteiger partial charge in [-0.2, -0.15) is 0 Å². The van der Waals surface area contributed by atoms with Crippen LogP contribution in [0, 0.1) is 11.8 Å². The quantitative estimate of drug-likeness (QED) is 0.676. The summed E-state index contributed by atoms with van der Waals surface area (Å²) in [4.78, 5) is 4.26. The first-order valence-corrected chi connectivity index (χ1v) is 6.57. The summed E-state index contributed by atoms with van der Waals surface area (Å²) in [6.45, 7) is -0.100. The molecule has 2 rings (SSSR count). The van der Waals surface area contributed by atoms with E-state index in [4.69, 9.17) is 5.11 Å². The van der Waals surface area contributed by atoms with E-state index in [0.717, 1.165) is 16.5 Å². The summed E-state index contributed by atoms with van der Waals surface area (Å²) in [5.41, 5.74) is 2.16. The first-order valence-electron chi connectivity index (χ1n) is 5.58. The summed E-state index contributed by atoms with van der Waals surface area (Å²) in [5.74, 6) is 6.40. The number of hydrogen-bond donors (Lipinski definition) is 1. The first-order chi connectivity index (χ1) is 8.79. The Kier molecular flexibility index (Phi) is 4.46. The van der Waals surface area contributed by atoms with Gasteiger partial charge in [-0.15, -0.1) is 0 Å². The van der Waals surface area contributed by atoms with E-state index in [1.54, 1.807) is 18.0 Å². The smallest absolute Gasteiger partial charge is 0.167 e. The van der Waals surface area contributed by atoms with Crippen molar-refractivity contribution in [2.24, 2.45) is 7.05 Å². The lowest BCUT2D eigenvalue weighted by atomic mass is 10.1. The molecule has 0 radical (unpaired) electrons. The maximum absolute atomic E-state index is 8.61. The molecular weight excluding hydrogens is 244 g/mol. The van der Waals surface area contributed by atoms with Gasteiger partial charge in [-0.3, -0.25) is 0 Å². The number of hydrogen-bond acceptors (Lipinski definition) is 3. The Hall–Kier alpha value is -1.70. The number of aromatic nitrogens is 2. The fourth-order valence-electron chi connectivity index (χ4n) is 1.46. The Bertz CT molecular complexity index is 563. The fraction of sp³-hybridized carbons (Fsp3) is 0.214. The normalized spacial score (nSPS) is 9.89. The van der Waals surface area contributed by atoms with Crippen molar-refractivity contribution in [1.29, 1.82) is 0 Å². The second-order valence-electron chi connectivity index (χ2n) is 3.77. The Balaban J connectivity index is 1.96. The molecule has 0 fully saturated rings. The minimum absolute atomic E-state index is 0.100. The van der Waals surface area contributed by atoms with E-state index >= 15 is 0 Å². The molecule has 1 N–H and O–H groups in total. The summed E-state index contributed by atoms with van der Waals surface area (Å²) in [6, 6.07) is 8.04. The van der Waals surface area contributed by atoms with Crippen LogP contribution >= 0.6 is 11.8 Å². The standard InChI is InChI=1S/C14H14N2OS/c1-16-9-8-15-14(16)18-11-13-6-4-12(5-7-13)3-2-10-17/h4-9,17H,10-11H2,1H3. The number of rotatable bonds is 3. The number of aryl methyl sites for hydroxylation is 1. The van der Waals surface area contributed by atoms with E-state index in [9.17, 15) is 0 Å². The number of aliphatic hydroxyl groups excluding tert-OH is 1. The van der Waals surface area contributed by atoms with Crippen LogP contribution in [0.15, 0.2) is 41.8 Å². The zero-order chi connectivity index (χ0) is 12.8. The van der Waals surface area contributed by atoms with Gasteiger partial charge < -0.3 is 9.67 Å². The van der Waals surface area contributed by atoms with Gasteiger partial charge in [0.25, 0.3) is 0 Å². The van der Waals surface area contributed by atoms with Gasteiger partial charge in [0, 0.05) is 30.8 Å². The topological polar surface area (TPSA) is 38.0 Å². The van der Waals surface area contributed by atoms with Crippen LogP contribution < -0.4 is 0 Å². The van der Waals surface area contributed by atoms with Crippen LogP contribution in [0.25, 0.3) is 0 Å². The van der Waals surface area contributed by atoms with E-state index in [0.29, 0.717) is 0 Å². The number of imidazole rings is 1. The third-order valence-electron chi connectivity index (χ3n) is 2.41. The van der Waals surface area contributed by atoms with E-state index in [1.165, 1.54) is 5.56 Å². The Morgan fingerprint density at radius 1 is 1.33 bits per heavy atom. The minimum Gasteiger partial charge on any atom is -0.384 e. The highest BCUT2D eigenvalue weighted by Gasteiger charge is 2.00. The third-order valence-corrected chi connectivity index (χ3v) is 3.54. The number of aliphatic hydroxyl groups is 1. The van der Waals surface area contributed by atoms with Crippen molar-refractivity contribution in [3.63, 3.8) is 0 Å². The molecule has 1 aromatic carbocycles. The van der Waals surface area contributed by atoms with Crippen molar-refractivity contribution in [3.05, 3.63) is 47.8 Å². The molecule has 3 nitrogen and oxygen atoms in total. The van der Waals surface area contributed by atoms with Crippen LogP contribution in [-0.2, 0) is 12.8 Å². The van der Waals surface area contributed by atoms with Crippen molar-refractivity contribution >= 4 is 11.8 Å². The number of nitrogens with zero attached hydrogens (tertiary/aromatic N) is 2. The monoisotopic (exact) mass is 258 g/mol. The maximum Gasteiger partial charge on any atom is 0.167 e. The molecule has 0 unspecified atom stereocenters. The molecule has 0 spiro atoms. The molecule has 1 heterocycles. The average Bonchev–Trinajstić information content (AvgIpc) is 2.81. The molecule has 0 aliphatic carbocycles.